The number of hydrogen-bond acceptors (Lipinski definition) is 5. The number of nitrogens with one attached hydrogen (secondary N) is 1. The van der Waals surface area contributed by atoms with Crippen molar-refractivity contribution in [1.82, 2.24) is 24.3 Å². The molecule has 1 aromatic rings. The summed E-state index contributed by atoms with van der Waals surface area (Å²) in [6, 6.07) is 0.280. The highest BCUT2D eigenvalue weighted by molar-refractivity contribution is 7.89. The van der Waals surface area contributed by atoms with E-state index in [9.17, 15) is 13.2 Å². The molecule has 1 aromatic heterocycles. The van der Waals surface area contributed by atoms with E-state index in [1.54, 1.807) is 17.5 Å². The lowest BCUT2D eigenvalue weighted by molar-refractivity contribution is -0.122. The van der Waals surface area contributed by atoms with Crippen molar-refractivity contribution in [3.63, 3.8) is 0 Å². The van der Waals surface area contributed by atoms with Gasteiger partial charge in [-0.3, -0.25) is 14.4 Å². The highest BCUT2D eigenvalue weighted by atomic mass is 32.2. The minimum atomic E-state index is -3.53. The summed E-state index contributed by atoms with van der Waals surface area (Å²) in [4.78, 5) is 14.8. The maximum absolute atomic E-state index is 13.0. The van der Waals surface area contributed by atoms with Gasteiger partial charge in [-0.05, 0) is 45.2 Å². The van der Waals surface area contributed by atoms with Crippen LogP contribution in [0.3, 0.4) is 0 Å². The minimum Gasteiger partial charge on any atom is -0.356 e. The van der Waals surface area contributed by atoms with Crippen LogP contribution in [0.1, 0.15) is 44.9 Å². The molecular weight excluding hydrogens is 366 g/mol. The van der Waals surface area contributed by atoms with E-state index in [4.69, 9.17) is 0 Å². The third kappa shape index (κ3) is 5.30. The highest BCUT2D eigenvalue weighted by Gasteiger charge is 2.28. The predicted octanol–water partition coefficient (Wildman–Crippen LogP) is 0.956. The Kier molecular flexibility index (Phi) is 6.88. The summed E-state index contributed by atoms with van der Waals surface area (Å²) in [6.07, 6.45) is 9.16. The average Bonchev–Trinajstić information content (AvgIpc) is 3.08. The largest absolute Gasteiger partial charge is 0.356 e. The van der Waals surface area contributed by atoms with Gasteiger partial charge in [-0.2, -0.15) is 9.40 Å². The highest BCUT2D eigenvalue weighted by Crippen LogP contribution is 2.21. The molecule has 2 fully saturated rings. The Bertz CT molecular complexity index is 733. The van der Waals surface area contributed by atoms with Crippen molar-refractivity contribution in [3.05, 3.63) is 12.4 Å². The average molecular weight is 398 g/mol. The number of sulfonamides is 1. The number of aryl methyl sites for hydroxylation is 1. The summed E-state index contributed by atoms with van der Waals surface area (Å²) in [7, 11) is -1.81. The Morgan fingerprint density at radius 3 is 2.59 bits per heavy atom. The first-order chi connectivity index (χ1) is 13.0. The van der Waals surface area contributed by atoms with Crippen LogP contribution < -0.4 is 5.32 Å². The van der Waals surface area contributed by atoms with Gasteiger partial charge in [-0.1, -0.05) is 6.42 Å². The molecular formula is C18H31N5O3S. The minimum absolute atomic E-state index is 0.117. The van der Waals surface area contributed by atoms with E-state index in [0.717, 1.165) is 51.6 Å². The van der Waals surface area contributed by atoms with Gasteiger partial charge < -0.3 is 5.32 Å². The van der Waals surface area contributed by atoms with Gasteiger partial charge in [0.1, 0.15) is 4.90 Å². The first-order valence-corrected chi connectivity index (χ1v) is 11.4. The Hall–Kier alpha value is -1.45. The van der Waals surface area contributed by atoms with Crippen molar-refractivity contribution < 1.29 is 13.2 Å². The number of nitrogens with zero attached hydrogens (tertiary/aromatic N) is 4. The van der Waals surface area contributed by atoms with Gasteiger partial charge in [-0.25, -0.2) is 8.42 Å². The Morgan fingerprint density at radius 1 is 1.07 bits per heavy atom. The van der Waals surface area contributed by atoms with E-state index in [1.165, 1.54) is 10.9 Å². The van der Waals surface area contributed by atoms with Gasteiger partial charge in [0.25, 0.3) is 0 Å². The Balaban J connectivity index is 1.72. The van der Waals surface area contributed by atoms with E-state index in [-0.39, 0.29) is 16.8 Å². The molecule has 2 aliphatic rings. The molecule has 3 rings (SSSR count). The molecule has 0 spiro atoms. The predicted molar refractivity (Wildman–Crippen MR) is 103 cm³/mol. The molecule has 0 aromatic carbocycles. The molecule has 8 nitrogen and oxygen atoms in total. The number of piperidine rings is 1. The second-order valence-electron chi connectivity index (χ2n) is 7.55. The molecule has 0 bridgehead atoms. The summed E-state index contributed by atoms with van der Waals surface area (Å²) in [5, 5.41) is 7.01. The molecule has 1 N–H and O–H groups in total. The summed E-state index contributed by atoms with van der Waals surface area (Å²) in [6.45, 7) is 3.40. The number of rotatable bonds is 2. The van der Waals surface area contributed by atoms with E-state index >= 15 is 0 Å². The van der Waals surface area contributed by atoms with Gasteiger partial charge in [-0.15, -0.1) is 0 Å². The van der Waals surface area contributed by atoms with E-state index in [0.29, 0.717) is 26.1 Å². The maximum Gasteiger partial charge on any atom is 0.246 e. The van der Waals surface area contributed by atoms with Crippen molar-refractivity contribution in [1.29, 1.82) is 0 Å². The summed E-state index contributed by atoms with van der Waals surface area (Å²) >= 11 is 0. The molecule has 1 atom stereocenters. The fraction of sp³-hybridized carbons (Fsp3) is 0.778. The summed E-state index contributed by atoms with van der Waals surface area (Å²) < 4.78 is 29.1. The van der Waals surface area contributed by atoms with Crippen LogP contribution in [0.5, 0.6) is 0 Å². The van der Waals surface area contributed by atoms with Crippen LogP contribution in [-0.4, -0.2) is 72.1 Å². The van der Waals surface area contributed by atoms with Crippen LogP contribution in [0.25, 0.3) is 0 Å². The van der Waals surface area contributed by atoms with Crippen LogP contribution in [-0.2, 0) is 21.9 Å². The SMILES string of the molecule is Cn1cc(S(=O)(=O)N2CCCCNC(=O)CC3CCCCN3CCC2)cn1. The molecule has 3 heterocycles. The van der Waals surface area contributed by atoms with Crippen molar-refractivity contribution in [2.75, 3.05) is 32.7 Å². The zero-order valence-corrected chi connectivity index (χ0v) is 17.0. The third-order valence-corrected chi connectivity index (χ3v) is 7.35. The zero-order chi connectivity index (χ0) is 19.3. The zero-order valence-electron chi connectivity index (χ0n) is 16.1. The van der Waals surface area contributed by atoms with Gasteiger partial charge >= 0.3 is 0 Å². The number of aromatic nitrogens is 2. The number of carbonyl (C=O) groups excluding carboxylic acids is 1. The molecule has 2 aliphatic heterocycles. The molecule has 1 amide bonds. The lowest BCUT2D eigenvalue weighted by Crippen LogP contribution is -2.43. The fourth-order valence-electron chi connectivity index (χ4n) is 4.00. The second kappa shape index (κ2) is 9.16. The first-order valence-electron chi connectivity index (χ1n) is 9.96. The van der Waals surface area contributed by atoms with E-state index in [1.807, 2.05) is 0 Å². The van der Waals surface area contributed by atoms with Gasteiger partial charge in [0.15, 0.2) is 0 Å². The summed E-state index contributed by atoms with van der Waals surface area (Å²) in [5.74, 6) is 0.117. The van der Waals surface area contributed by atoms with Crippen LogP contribution >= 0.6 is 0 Å². The van der Waals surface area contributed by atoms with Crippen molar-refractivity contribution >= 4 is 15.9 Å². The van der Waals surface area contributed by atoms with E-state index in [2.05, 4.69) is 15.3 Å². The molecule has 0 radical (unpaired) electrons. The van der Waals surface area contributed by atoms with Crippen molar-refractivity contribution in [2.24, 2.45) is 7.05 Å². The summed E-state index contributed by atoms with van der Waals surface area (Å²) in [5.41, 5.74) is 0. The quantitative estimate of drug-likeness (QED) is 0.803. The first kappa shape index (κ1) is 20.3. The monoisotopic (exact) mass is 397 g/mol. The smallest absolute Gasteiger partial charge is 0.246 e. The normalized spacial score (nSPS) is 24.9. The second-order valence-corrected chi connectivity index (χ2v) is 9.49. The molecule has 2 saturated heterocycles. The van der Waals surface area contributed by atoms with Crippen LogP contribution in [0.15, 0.2) is 17.3 Å². The molecule has 27 heavy (non-hydrogen) atoms. The van der Waals surface area contributed by atoms with Gasteiger partial charge in [0.05, 0.1) is 6.20 Å². The standard InChI is InChI=1S/C18H31N5O3S/c1-21-15-17(14-20-21)27(25,26)23-11-5-3-8-19-18(24)13-16-7-2-4-9-22(16)10-6-12-23/h14-16H,2-13H2,1H3,(H,19,24). The molecule has 1 unspecified atom stereocenters. The topological polar surface area (TPSA) is 87.5 Å². The number of amides is 1. The van der Waals surface area contributed by atoms with Crippen LogP contribution in [0, 0.1) is 0 Å². The van der Waals surface area contributed by atoms with Gasteiger partial charge in [0, 0.05) is 45.3 Å². The lowest BCUT2D eigenvalue weighted by atomic mass is 9.98. The van der Waals surface area contributed by atoms with Crippen LogP contribution in [0.2, 0.25) is 0 Å². The Labute approximate surface area is 161 Å². The fourth-order valence-corrected chi connectivity index (χ4v) is 5.50. The van der Waals surface area contributed by atoms with E-state index < -0.39 is 10.0 Å². The Morgan fingerprint density at radius 2 is 1.81 bits per heavy atom. The lowest BCUT2D eigenvalue weighted by Gasteiger charge is -2.35. The third-order valence-electron chi connectivity index (χ3n) is 5.50. The maximum atomic E-state index is 13.0. The van der Waals surface area contributed by atoms with Gasteiger partial charge in [0.2, 0.25) is 15.9 Å². The number of carbonyl (C=O) groups is 1. The molecule has 0 aliphatic carbocycles. The van der Waals surface area contributed by atoms with Crippen LogP contribution in [0.4, 0.5) is 0 Å². The molecule has 0 saturated carbocycles. The molecule has 9 heteroatoms. The number of fused-ring (bicyclic) bond motifs is 1. The van der Waals surface area contributed by atoms with Crippen molar-refractivity contribution in [2.45, 2.75) is 55.9 Å². The number of hydrogen-bond donors (Lipinski definition) is 1. The molecule has 152 valence electrons. The van der Waals surface area contributed by atoms with Crippen molar-refractivity contribution in [3.8, 4) is 0 Å².